The monoisotopic (exact) mass is 1160 g/mol. The number of methoxy groups -OCH3 is 2. The molecule has 3 aliphatic rings. The quantitative estimate of drug-likeness (QED) is 0.0184. The van der Waals surface area contributed by atoms with Crippen molar-refractivity contribution >= 4 is 66.9 Å². The van der Waals surface area contributed by atoms with Gasteiger partial charge in [-0.3, -0.25) is 47.9 Å². The predicted octanol–water partition coefficient (Wildman–Crippen LogP) is -5.80. The second-order valence-electron chi connectivity index (χ2n) is 19.6. The number of carbonyl (C=O) groups excluding carboxylic acids is 10. The second-order valence-corrected chi connectivity index (χ2v) is 19.6. The SMILES string of the molecule is BNC(=O)[C@@H](CCC(=O)NC[C@H](O)[C@@H](O)[C@H](O)[C@H](O)CO)NC(=O)COCCOCCC(=O)NCc1cccc2c1CN(C(=O)C[C@@H]1C[C@@H](C(=O)NCC(=O)N3CC(F)(F)CC3C(=O)C(=O)NCc3ccc(OC)c(OC)c3)NC1=O)C2. The molecule has 31 heteroatoms. The molecule has 450 valence electrons. The Balaban J connectivity index is 0.964. The Morgan fingerprint density at radius 1 is 0.817 bits per heavy atom. The van der Waals surface area contributed by atoms with E-state index in [1.807, 2.05) is 6.07 Å². The number of ether oxygens (including phenoxy) is 4. The van der Waals surface area contributed by atoms with Crippen molar-refractivity contribution in [1.29, 1.82) is 0 Å². The van der Waals surface area contributed by atoms with E-state index in [1.54, 1.807) is 30.3 Å². The lowest BCUT2D eigenvalue weighted by atomic mass is 10.00. The number of benzene rings is 2. The molecule has 3 aliphatic heterocycles. The molecule has 2 aromatic carbocycles. The minimum atomic E-state index is -3.50. The van der Waals surface area contributed by atoms with E-state index in [9.17, 15) is 77.2 Å². The van der Waals surface area contributed by atoms with Crippen molar-refractivity contribution in [3.8, 4) is 11.5 Å². The summed E-state index contributed by atoms with van der Waals surface area (Å²) in [5.41, 5.74) is 2.88. The summed E-state index contributed by atoms with van der Waals surface area (Å²) < 4.78 is 50.4. The van der Waals surface area contributed by atoms with Crippen molar-refractivity contribution in [2.75, 3.05) is 66.9 Å². The third-order valence-electron chi connectivity index (χ3n) is 13.8. The number of hydrogen-bond acceptors (Lipinski definition) is 19. The van der Waals surface area contributed by atoms with Gasteiger partial charge in [-0.15, -0.1) is 0 Å². The maximum atomic E-state index is 14.6. The Bertz CT molecular complexity index is 2640. The Morgan fingerprint density at radius 3 is 2.23 bits per heavy atom. The number of fused-ring (bicyclic) bond motifs is 1. The molecule has 0 radical (unpaired) electrons. The number of halogens is 2. The van der Waals surface area contributed by atoms with E-state index in [0.717, 1.165) is 16.7 Å². The van der Waals surface area contributed by atoms with E-state index in [1.165, 1.54) is 27.1 Å². The molecule has 5 rings (SSSR count). The van der Waals surface area contributed by atoms with Crippen molar-refractivity contribution < 1.29 is 101 Å². The number of amides is 9. The number of Topliss-reactive ketones (excluding diaryl/α,β-unsaturated/α-hetero) is 1. The smallest absolute Gasteiger partial charge is 0.289 e. The normalized spacial score (nSPS) is 18.8. The van der Waals surface area contributed by atoms with Crippen LogP contribution in [-0.4, -0.2) is 218 Å². The van der Waals surface area contributed by atoms with Gasteiger partial charge in [-0.25, -0.2) is 8.78 Å². The third kappa shape index (κ3) is 18.8. The van der Waals surface area contributed by atoms with Crippen LogP contribution in [0.25, 0.3) is 0 Å². The van der Waals surface area contributed by atoms with E-state index in [2.05, 4.69) is 37.1 Å². The molecule has 2 saturated heterocycles. The van der Waals surface area contributed by atoms with Crippen molar-refractivity contribution in [1.82, 2.24) is 46.9 Å². The van der Waals surface area contributed by atoms with Gasteiger partial charge in [0.15, 0.2) is 11.5 Å². The van der Waals surface area contributed by atoms with Crippen LogP contribution in [0.5, 0.6) is 11.5 Å². The van der Waals surface area contributed by atoms with Crippen LogP contribution in [0.3, 0.4) is 0 Å². The van der Waals surface area contributed by atoms with E-state index < -0.39 is 141 Å². The highest BCUT2D eigenvalue weighted by molar-refractivity contribution is 6.38. The Labute approximate surface area is 470 Å². The molecule has 8 atom stereocenters. The van der Waals surface area contributed by atoms with Crippen LogP contribution in [0, 0.1) is 5.92 Å². The predicted molar refractivity (Wildman–Crippen MR) is 280 cm³/mol. The van der Waals surface area contributed by atoms with E-state index in [4.69, 9.17) is 24.1 Å². The van der Waals surface area contributed by atoms with Gasteiger partial charge in [0.2, 0.25) is 61.0 Å². The van der Waals surface area contributed by atoms with Gasteiger partial charge >= 0.3 is 0 Å². The number of carbonyl (C=O) groups is 10. The lowest BCUT2D eigenvalue weighted by molar-refractivity contribution is -0.144. The lowest BCUT2D eigenvalue weighted by Gasteiger charge is -2.25. The van der Waals surface area contributed by atoms with E-state index >= 15 is 0 Å². The van der Waals surface area contributed by atoms with Crippen molar-refractivity contribution in [3.05, 3.63) is 58.7 Å². The van der Waals surface area contributed by atoms with Crippen LogP contribution in [0.1, 0.15) is 60.8 Å². The third-order valence-corrected chi connectivity index (χ3v) is 13.8. The molecule has 0 aliphatic carbocycles. The van der Waals surface area contributed by atoms with Crippen molar-refractivity contribution in [2.45, 2.75) is 113 Å². The van der Waals surface area contributed by atoms with Crippen molar-refractivity contribution in [3.63, 3.8) is 0 Å². The van der Waals surface area contributed by atoms with Gasteiger partial charge in [0.1, 0.15) is 43.0 Å². The Kier molecular flexibility index (Phi) is 24.8. The van der Waals surface area contributed by atoms with Gasteiger partial charge in [0, 0.05) is 64.3 Å². The number of hydrogen-bond donors (Lipinski definition) is 12. The first-order chi connectivity index (χ1) is 39.0. The molecular formula is C51H70BF2N9O19. The minimum absolute atomic E-state index is 0.00285. The van der Waals surface area contributed by atoms with Crippen LogP contribution >= 0.6 is 0 Å². The number of likely N-dealkylation sites (tertiary alicyclic amines) is 1. The summed E-state index contributed by atoms with van der Waals surface area (Å²) in [7, 11) is 4.16. The van der Waals surface area contributed by atoms with Crippen LogP contribution in [0.4, 0.5) is 8.78 Å². The maximum absolute atomic E-state index is 14.6. The molecule has 0 aromatic heterocycles. The number of nitrogens with one attached hydrogen (secondary N) is 7. The van der Waals surface area contributed by atoms with Crippen LogP contribution in [-0.2, 0) is 83.6 Å². The summed E-state index contributed by atoms with van der Waals surface area (Å²) in [6.45, 7) is -3.57. The number of nitrogens with zero attached hydrogens (tertiary/aromatic N) is 2. The number of aliphatic hydroxyl groups is 5. The van der Waals surface area contributed by atoms with Gasteiger partial charge < -0.3 is 91.4 Å². The summed E-state index contributed by atoms with van der Waals surface area (Å²) in [6, 6.07) is 5.98. The topological polar surface area (TPSA) is 399 Å². The van der Waals surface area contributed by atoms with Crippen molar-refractivity contribution in [2.24, 2.45) is 5.92 Å². The average Bonchev–Trinajstić information content (AvgIpc) is 4.17. The molecule has 1 unspecified atom stereocenters. The van der Waals surface area contributed by atoms with E-state index in [0.29, 0.717) is 22.0 Å². The summed E-state index contributed by atoms with van der Waals surface area (Å²) in [6.07, 6.45) is -9.16. The molecular weight excluding hydrogens is 1090 g/mol. The molecule has 28 nitrogen and oxygen atoms in total. The summed E-state index contributed by atoms with van der Waals surface area (Å²) in [5.74, 6) is -11.3. The van der Waals surface area contributed by atoms with Gasteiger partial charge in [-0.05, 0) is 47.2 Å². The zero-order valence-electron chi connectivity index (χ0n) is 45.4. The first kappa shape index (κ1) is 65.4. The Morgan fingerprint density at radius 2 is 1.52 bits per heavy atom. The molecule has 2 aromatic rings. The molecule has 0 bridgehead atoms. The lowest BCUT2D eigenvalue weighted by Crippen LogP contribution is -2.51. The molecule has 3 heterocycles. The van der Waals surface area contributed by atoms with Gasteiger partial charge in [0.25, 0.3) is 11.8 Å². The fraction of sp³-hybridized carbons (Fsp3) is 0.569. The fourth-order valence-corrected chi connectivity index (χ4v) is 9.15. The highest BCUT2D eigenvalue weighted by atomic mass is 19.3. The average molecular weight is 1160 g/mol. The first-order valence-corrected chi connectivity index (χ1v) is 26.2. The summed E-state index contributed by atoms with van der Waals surface area (Å²) in [5, 5.41) is 65.0. The molecule has 12 N–H and O–H groups in total. The molecule has 0 saturated carbocycles. The Hall–Kier alpha value is -7.42. The van der Waals surface area contributed by atoms with Crippen LogP contribution < -0.4 is 46.6 Å². The van der Waals surface area contributed by atoms with Gasteiger partial charge in [-0.1, -0.05) is 24.3 Å². The molecule has 82 heavy (non-hydrogen) atoms. The first-order valence-electron chi connectivity index (χ1n) is 26.2. The molecule has 9 amide bonds. The highest BCUT2D eigenvalue weighted by Crippen LogP contribution is 2.33. The standard InChI is InChI=1S/C51H70BF2N9O19/c1-79-37-8-6-27(14-38(37)80-2)18-57-50(78)44(72)34-17-51(53,54)26-63(34)43(71)21-58-48(76)33-15-30(47(75)60-33)16-42(70)62-22-29-5-3-4-28(31(29)23-62)19-55-40(68)10-11-81-12-13-82-25-41(69)59-32(49(77)61-52)7-9-39(67)56-20-35(65)45(73)46(74)36(66)24-64/h3-6,8,14,30,32-36,45-46,64-66,73-74H,7,9-13,15-26,52H2,1-2H3,(H,55,68)(H,56,67)(H,57,78)(H,58,76)(H,59,69)(H,60,75)(H,61,77)/t30-,32+,33-,34?,35-,36+,45+,46+/m0/s1. The van der Waals surface area contributed by atoms with Gasteiger partial charge in [-0.2, -0.15) is 0 Å². The maximum Gasteiger partial charge on any atom is 0.289 e. The number of alkyl halides is 2. The molecule has 2 fully saturated rings. The minimum Gasteiger partial charge on any atom is -0.493 e. The number of aliphatic hydroxyl groups excluding tert-OH is 5. The van der Waals surface area contributed by atoms with Gasteiger partial charge in [0.05, 0.1) is 59.8 Å². The summed E-state index contributed by atoms with van der Waals surface area (Å²) in [4.78, 5) is 131. The molecule has 0 spiro atoms. The second kappa shape index (κ2) is 31.1. The van der Waals surface area contributed by atoms with Crippen LogP contribution in [0.2, 0.25) is 0 Å². The van der Waals surface area contributed by atoms with E-state index in [-0.39, 0.29) is 89.9 Å². The number of rotatable bonds is 32. The zero-order valence-corrected chi connectivity index (χ0v) is 45.4. The highest BCUT2D eigenvalue weighted by Gasteiger charge is 2.51. The fourth-order valence-electron chi connectivity index (χ4n) is 9.15. The summed E-state index contributed by atoms with van der Waals surface area (Å²) >= 11 is 0. The van der Waals surface area contributed by atoms with Crippen LogP contribution in [0.15, 0.2) is 36.4 Å². The number of ketones is 1. The zero-order chi connectivity index (χ0) is 60.3. The largest absolute Gasteiger partial charge is 0.493 e.